The third kappa shape index (κ3) is 4.48. The van der Waals surface area contributed by atoms with Gasteiger partial charge in [-0.3, -0.25) is 14.4 Å². The van der Waals surface area contributed by atoms with Crippen LogP contribution in [0.4, 0.5) is 0 Å². The number of nitrogens with zero attached hydrogens (tertiary/aromatic N) is 1. The fourth-order valence-electron chi connectivity index (χ4n) is 2.10. The maximum Gasteiger partial charge on any atom is 0.308 e. The fraction of sp³-hybridized carbons (Fsp3) is 0.769. The van der Waals surface area contributed by atoms with E-state index in [1.54, 1.807) is 0 Å². The minimum absolute atomic E-state index is 0.00326. The normalized spacial score (nSPS) is 20.6. The summed E-state index contributed by atoms with van der Waals surface area (Å²) < 4.78 is 0. The number of rotatable bonds is 5. The zero-order valence-corrected chi connectivity index (χ0v) is 12.0. The number of piperidine rings is 1. The van der Waals surface area contributed by atoms with E-state index in [1.165, 1.54) is 4.90 Å². The lowest BCUT2D eigenvalue weighted by atomic mass is 9.98. The van der Waals surface area contributed by atoms with Gasteiger partial charge in [-0.05, 0) is 18.8 Å². The summed E-state index contributed by atoms with van der Waals surface area (Å²) in [5, 5.41) is 11.5. The smallest absolute Gasteiger partial charge is 0.308 e. The predicted molar refractivity (Wildman–Crippen MR) is 72.8 cm³/mol. The van der Waals surface area contributed by atoms with Gasteiger partial charge in [0.15, 0.2) is 0 Å². The lowest BCUT2D eigenvalue weighted by molar-refractivity contribution is -0.146. The summed E-state index contributed by atoms with van der Waals surface area (Å²) in [7, 11) is 0. The van der Waals surface area contributed by atoms with Gasteiger partial charge in [0.1, 0.15) is 0 Å². The van der Waals surface area contributed by atoms with Crippen molar-refractivity contribution in [3.63, 3.8) is 0 Å². The van der Waals surface area contributed by atoms with Crippen molar-refractivity contribution in [3.8, 4) is 0 Å². The number of carbonyl (C=O) groups is 3. The molecule has 0 aromatic heterocycles. The van der Waals surface area contributed by atoms with Crippen molar-refractivity contribution in [2.45, 2.75) is 32.7 Å². The topological polar surface area (TPSA) is 113 Å². The van der Waals surface area contributed by atoms with Crippen molar-refractivity contribution in [1.82, 2.24) is 10.2 Å². The molecule has 114 valence electrons. The summed E-state index contributed by atoms with van der Waals surface area (Å²) in [6.45, 7) is 4.27. The molecule has 7 heteroatoms. The summed E-state index contributed by atoms with van der Waals surface area (Å²) in [5.74, 6) is -2.02. The number of carbonyl (C=O) groups excluding carboxylic acids is 2. The quantitative estimate of drug-likeness (QED) is 0.625. The Bertz CT molecular complexity index is 384. The van der Waals surface area contributed by atoms with Gasteiger partial charge in [-0.1, -0.05) is 13.8 Å². The van der Waals surface area contributed by atoms with Gasteiger partial charge in [-0.25, -0.2) is 0 Å². The first-order valence-corrected chi connectivity index (χ1v) is 6.86. The van der Waals surface area contributed by atoms with E-state index in [-0.39, 0.29) is 30.8 Å². The van der Waals surface area contributed by atoms with Crippen LogP contribution < -0.4 is 11.1 Å². The molecule has 1 fully saturated rings. The molecule has 0 spiro atoms. The Labute approximate surface area is 118 Å². The number of amides is 2. The average Bonchev–Trinajstić information content (AvgIpc) is 2.43. The summed E-state index contributed by atoms with van der Waals surface area (Å²) in [6.07, 6.45) is 1.26. The van der Waals surface area contributed by atoms with Crippen LogP contribution in [0, 0.1) is 11.8 Å². The number of hydrogen-bond donors (Lipinski definition) is 3. The molecule has 20 heavy (non-hydrogen) atoms. The molecular weight excluding hydrogens is 262 g/mol. The minimum Gasteiger partial charge on any atom is -0.481 e. The highest BCUT2D eigenvalue weighted by molar-refractivity contribution is 5.87. The van der Waals surface area contributed by atoms with Crippen LogP contribution in [0.2, 0.25) is 0 Å². The largest absolute Gasteiger partial charge is 0.481 e. The molecule has 0 unspecified atom stereocenters. The Morgan fingerprint density at radius 3 is 2.60 bits per heavy atom. The highest BCUT2D eigenvalue weighted by Crippen LogP contribution is 2.16. The average molecular weight is 285 g/mol. The van der Waals surface area contributed by atoms with Gasteiger partial charge in [0, 0.05) is 13.1 Å². The molecule has 0 bridgehead atoms. The molecule has 2 amide bonds. The van der Waals surface area contributed by atoms with Crippen molar-refractivity contribution in [3.05, 3.63) is 0 Å². The van der Waals surface area contributed by atoms with Crippen LogP contribution in [-0.4, -0.2) is 53.5 Å². The molecule has 0 saturated carbocycles. The Morgan fingerprint density at radius 1 is 1.40 bits per heavy atom. The Balaban J connectivity index is 2.43. The van der Waals surface area contributed by atoms with Gasteiger partial charge in [0.2, 0.25) is 11.8 Å². The molecule has 0 radical (unpaired) electrons. The summed E-state index contributed by atoms with van der Waals surface area (Å²) in [6, 6.07) is -0.643. The first-order chi connectivity index (χ1) is 9.32. The van der Waals surface area contributed by atoms with Crippen molar-refractivity contribution in [1.29, 1.82) is 0 Å². The summed E-state index contributed by atoms with van der Waals surface area (Å²) in [4.78, 5) is 36.0. The van der Waals surface area contributed by atoms with Gasteiger partial charge in [0.25, 0.3) is 0 Å². The minimum atomic E-state index is -0.881. The Kier molecular flexibility index (Phi) is 5.94. The van der Waals surface area contributed by atoms with E-state index >= 15 is 0 Å². The van der Waals surface area contributed by atoms with Gasteiger partial charge in [-0.2, -0.15) is 0 Å². The molecule has 0 aromatic carbocycles. The molecule has 0 aromatic rings. The van der Waals surface area contributed by atoms with Crippen LogP contribution in [0.15, 0.2) is 0 Å². The third-order valence-electron chi connectivity index (χ3n) is 3.56. The number of carboxylic acid groups (broad SMARTS) is 1. The van der Waals surface area contributed by atoms with Gasteiger partial charge >= 0.3 is 5.97 Å². The third-order valence-corrected chi connectivity index (χ3v) is 3.56. The first-order valence-electron chi connectivity index (χ1n) is 6.86. The Hall–Kier alpha value is -1.63. The zero-order chi connectivity index (χ0) is 15.3. The van der Waals surface area contributed by atoms with Crippen LogP contribution in [0.3, 0.4) is 0 Å². The lowest BCUT2D eigenvalue weighted by Gasteiger charge is -2.31. The van der Waals surface area contributed by atoms with Crippen LogP contribution in [0.1, 0.15) is 26.7 Å². The first kappa shape index (κ1) is 16.4. The predicted octanol–water partition coefficient (Wildman–Crippen LogP) is -0.591. The van der Waals surface area contributed by atoms with Crippen molar-refractivity contribution in [2.24, 2.45) is 17.6 Å². The second-order valence-electron chi connectivity index (χ2n) is 5.50. The number of hydrogen-bond acceptors (Lipinski definition) is 4. The molecule has 1 aliphatic rings. The SMILES string of the molecule is CC(C)[C@H](N)C(=O)NCC(=O)N1CCC[C@H](C(=O)O)C1. The maximum absolute atomic E-state index is 11.9. The van der Waals surface area contributed by atoms with Crippen LogP contribution in [0.5, 0.6) is 0 Å². The van der Waals surface area contributed by atoms with Gasteiger partial charge in [-0.15, -0.1) is 0 Å². The molecule has 0 aliphatic carbocycles. The standard InChI is InChI=1S/C13H23N3O4/c1-8(2)11(14)12(18)15-6-10(17)16-5-3-4-9(7-16)13(19)20/h8-9,11H,3-7,14H2,1-2H3,(H,15,18)(H,19,20)/t9-,11-/m0/s1. The molecule has 1 aliphatic heterocycles. The molecule has 7 nitrogen and oxygen atoms in total. The number of carboxylic acids is 1. The lowest BCUT2D eigenvalue weighted by Crippen LogP contribution is -2.50. The van der Waals surface area contributed by atoms with Crippen LogP contribution in [-0.2, 0) is 14.4 Å². The van der Waals surface area contributed by atoms with E-state index in [0.29, 0.717) is 19.4 Å². The van der Waals surface area contributed by atoms with Gasteiger partial charge < -0.3 is 21.1 Å². The van der Waals surface area contributed by atoms with E-state index in [1.807, 2.05) is 13.8 Å². The van der Waals surface area contributed by atoms with Crippen molar-refractivity contribution >= 4 is 17.8 Å². The highest BCUT2D eigenvalue weighted by atomic mass is 16.4. The fourth-order valence-corrected chi connectivity index (χ4v) is 2.10. The second kappa shape index (κ2) is 7.23. The molecule has 1 heterocycles. The summed E-state index contributed by atoms with van der Waals surface area (Å²) >= 11 is 0. The van der Waals surface area contributed by atoms with E-state index in [2.05, 4.69) is 5.32 Å². The number of nitrogens with two attached hydrogens (primary N) is 1. The molecular formula is C13H23N3O4. The molecule has 4 N–H and O–H groups in total. The van der Waals surface area contributed by atoms with Crippen LogP contribution >= 0.6 is 0 Å². The van der Waals surface area contributed by atoms with Gasteiger partial charge in [0.05, 0.1) is 18.5 Å². The summed E-state index contributed by atoms with van der Waals surface area (Å²) in [5.41, 5.74) is 5.67. The Morgan fingerprint density at radius 2 is 2.05 bits per heavy atom. The number of likely N-dealkylation sites (tertiary alicyclic amines) is 1. The maximum atomic E-state index is 11.9. The van der Waals surface area contributed by atoms with Crippen LogP contribution in [0.25, 0.3) is 0 Å². The second-order valence-corrected chi connectivity index (χ2v) is 5.50. The van der Waals surface area contributed by atoms with E-state index in [0.717, 1.165) is 0 Å². The highest BCUT2D eigenvalue weighted by Gasteiger charge is 2.28. The van der Waals surface area contributed by atoms with E-state index in [9.17, 15) is 14.4 Å². The molecule has 2 atom stereocenters. The van der Waals surface area contributed by atoms with Crippen molar-refractivity contribution in [2.75, 3.05) is 19.6 Å². The number of nitrogens with one attached hydrogen (secondary N) is 1. The van der Waals surface area contributed by atoms with E-state index in [4.69, 9.17) is 10.8 Å². The zero-order valence-electron chi connectivity index (χ0n) is 12.0. The molecule has 1 saturated heterocycles. The van der Waals surface area contributed by atoms with E-state index < -0.39 is 17.9 Å². The monoisotopic (exact) mass is 285 g/mol. The molecule has 1 rings (SSSR count). The van der Waals surface area contributed by atoms with Crippen molar-refractivity contribution < 1.29 is 19.5 Å². The number of aliphatic carboxylic acids is 1.